The Morgan fingerprint density at radius 1 is 0.630 bits per heavy atom. The third kappa shape index (κ3) is 26.1. The maximum absolute atomic E-state index is 12.8. The van der Waals surface area contributed by atoms with E-state index in [4.69, 9.17) is 9.47 Å². The van der Waals surface area contributed by atoms with Crippen molar-refractivity contribution >= 4 is 5.91 Å². The van der Waals surface area contributed by atoms with Crippen LogP contribution in [0.4, 0.5) is 0 Å². The van der Waals surface area contributed by atoms with E-state index in [9.17, 15) is 30.3 Å². The average Bonchev–Trinajstić information content (AvgIpc) is 3.17. The predicted molar refractivity (Wildman–Crippen MR) is 221 cm³/mol. The van der Waals surface area contributed by atoms with Crippen molar-refractivity contribution in [3.8, 4) is 0 Å². The van der Waals surface area contributed by atoms with Crippen molar-refractivity contribution in [2.24, 2.45) is 0 Å². The number of carbonyl (C=O) groups is 1. The smallest absolute Gasteiger partial charge is 0.220 e. The number of carbonyl (C=O) groups excluding carboxylic acids is 1. The van der Waals surface area contributed by atoms with Crippen molar-refractivity contribution in [3.05, 3.63) is 48.6 Å². The third-order valence-corrected chi connectivity index (χ3v) is 10.1. The number of aliphatic hydroxyl groups is 5. The summed E-state index contributed by atoms with van der Waals surface area (Å²) in [5.74, 6) is -0.189. The first-order valence-electron chi connectivity index (χ1n) is 21.9. The van der Waals surface area contributed by atoms with E-state index in [2.05, 4.69) is 55.6 Å². The molecule has 1 aliphatic heterocycles. The Labute approximate surface area is 329 Å². The van der Waals surface area contributed by atoms with Crippen LogP contribution in [0.25, 0.3) is 0 Å². The Bertz CT molecular complexity index is 983. The molecule has 0 aromatic heterocycles. The van der Waals surface area contributed by atoms with Gasteiger partial charge in [-0.1, -0.05) is 159 Å². The van der Waals surface area contributed by atoms with Crippen LogP contribution in [0, 0.1) is 0 Å². The summed E-state index contributed by atoms with van der Waals surface area (Å²) in [5.41, 5.74) is 0. The second kappa shape index (κ2) is 35.6. The van der Waals surface area contributed by atoms with Gasteiger partial charge in [-0.15, -0.1) is 0 Å². The van der Waals surface area contributed by atoms with Gasteiger partial charge in [0.1, 0.15) is 24.4 Å². The fourth-order valence-electron chi connectivity index (χ4n) is 6.57. The van der Waals surface area contributed by atoms with Gasteiger partial charge in [0.2, 0.25) is 5.91 Å². The Balaban J connectivity index is 2.19. The molecule has 0 aromatic rings. The summed E-state index contributed by atoms with van der Waals surface area (Å²) >= 11 is 0. The summed E-state index contributed by atoms with van der Waals surface area (Å²) in [6, 6.07) is -0.804. The Morgan fingerprint density at radius 3 is 1.63 bits per heavy atom. The molecule has 1 aliphatic rings. The van der Waals surface area contributed by atoms with Crippen LogP contribution in [-0.4, -0.2) is 87.5 Å². The normalized spacial score (nSPS) is 21.9. The van der Waals surface area contributed by atoms with Crippen LogP contribution in [0.3, 0.4) is 0 Å². The highest BCUT2D eigenvalue weighted by Crippen LogP contribution is 2.22. The second-order valence-electron chi connectivity index (χ2n) is 15.1. The number of rotatable bonds is 35. The number of hydrogen-bond acceptors (Lipinski definition) is 8. The fraction of sp³-hybridized carbons (Fsp3) is 0.800. The van der Waals surface area contributed by atoms with Crippen LogP contribution in [-0.2, 0) is 14.3 Å². The molecule has 0 bridgehead atoms. The largest absolute Gasteiger partial charge is 0.394 e. The summed E-state index contributed by atoms with van der Waals surface area (Å²) in [7, 11) is 0. The molecule has 0 saturated carbocycles. The molecule has 9 nitrogen and oxygen atoms in total. The predicted octanol–water partition coefficient (Wildman–Crippen LogP) is 8.67. The van der Waals surface area contributed by atoms with Gasteiger partial charge in [-0.25, -0.2) is 0 Å². The van der Waals surface area contributed by atoms with Crippen LogP contribution in [0.1, 0.15) is 174 Å². The summed E-state index contributed by atoms with van der Waals surface area (Å²) in [4.78, 5) is 12.8. The summed E-state index contributed by atoms with van der Waals surface area (Å²) < 4.78 is 11.1. The van der Waals surface area contributed by atoms with Gasteiger partial charge in [0.25, 0.3) is 0 Å². The molecule has 1 heterocycles. The van der Waals surface area contributed by atoms with Gasteiger partial charge < -0.3 is 40.3 Å². The highest BCUT2D eigenvalue weighted by Gasteiger charge is 2.44. The van der Waals surface area contributed by atoms with Gasteiger partial charge >= 0.3 is 0 Å². The van der Waals surface area contributed by atoms with Crippen molar-refractivity contribution in [2.45, 2.75) is 217 Å². The van der Waals surface area contributed by atoms with Crippen molar-refractivity contribution < 1.29 is 39.8 Å². The van der Waals surface area contributed by atoms with Crippen LogP contribution >= 0.6 is 0 Å². The first-order valence-corrected chi connectivity index (χ1v) is 21.9. The van der Waals surface area contributed by atoms with E-state index in [1.807, 2.05) is 6.08 Å². The van der Waals surface area contributed by atoms with Crippen molar-refractivity contribution in [1.29, 1.82) is 0 Å². The monoisotopic (exact) mass is 764 g/mol. The molecule has 9 heteroatoms. The van der Waals surface area contributed by atoms with Crippen LogP contribution < -0.4 is 5.32 Å². The Hall–Kier alpha value is -1.85. The molecule has 7 atom stereocenters. The second-order valence-corrected chi connectivity index (χ2v) is 15.1. The van der Waals surface area contributed by atoms with Crippen molar-refractivity contribution in [2.75, 3.05) is 13.2 Å². The zero-order valence-corrected chi connectivity index (χ0v) is 34.2. The van der Waals surface area contributed by atoms with Crippen molar-refractivity contribution in [1.82, 2.24) is 5.32 Å². The van der Waals surface area contributed by atoms with E-state index in [-0.39, 0.29) is 12.5 Å². The lowest BCUT2D eigenvalue weighted by atomic mass is 9.99. The standard InChI is InChI=1S/C45H81NO8/c1-3-5-7-9-11-12-13-14-15-16-17-18-19-20-21-22-23-24-25-26-27-28-29-31-33-35-41(49)46-38(39(48)34-32-30-10-8-6-4-2)37-53-45-44(52)43(51)42(50)40(36-47)54-45/h13-14,16-17,19-20,32,34,38-40,42-45,47-48,50-52H,3-12,15,18,21-31,33,35-37H2,1-2H3,(H,46,49)/b14-13-,17-16-,20-19-,34-32+. The first-order chi connectivity index (χ1) is 26.3. The van der Waals surface area contributed by atoms with Gasteiger partial charge in [-0.3, -0.25) is 4.79 Å². The van der Waals surface area contributed by atoms with Crippen LogP contribution in [0.15, 0.2) is 48.6 Å². The van der Waals surface area contributed by atoms with E-state index in [1.54, 1.807) is 6.08 Å². The molecule has 1 rings (SSSR count). The minimum absolute atomic E-state index is 0.189. The lowest BCUT2D eigenvalue weighted by Gasteiger charge is -2.40. The highest BCUT2D eigenvalue weighted by molar-refractivity contribution is 5.76. The highest BCUT2D eigenvalue weighted by atomic mass is 16.7. The molecule has 0 radical (unpaired) electrons. The van der Waals surface area contributed by atoms with E-state index in [1.165, 1.54) is 89.9 Å². The SMILES string of the molecule is CCCCCC/C=C/C(O)C(COC1OC(CO)C(O)C(O)C1O)NC(=O)CCCCCCCCCCCC/C=C\C/C=C\C/C=C\CCCCCCC. The molecular weight excluding hydrogens is 682 g/mol. The lowest BCUT2D eigenvalue weighted by Crippen LogP contribution is -2.60. The molecule has 1 amide bonds. The maximum Gasteiger partial charge on any atom is 0.220 e. The Kier molecular flexibility index (Phi) is 33.0. The summed E-state index contributed by atoms with van der Waals surface area (Å²) in [6.45, 7) is 3.66. The fourth-order valence-corrected chi connectivity index (χ4v) is 6.57. The molecule has 6 N–H and O–H groups in total. The molecule has 0 aromatic carbocycles. The van der Waals surface area contributed by atoms with Crippen LogP contribution in [0.2, 0.25) is 0 Å². The minimum Gasteiger partial charge on any atom is -0.394 e. The number of amides is 1. The number of hydrogen-bond donors (Lipinski definition) is 6. The third-order valence-electron chi connectivity index (χ3n) is 10.1. The van der Waals surface area contributed by atoms with E-state index >= 15 is 0 Å². The lowest BCUT2D eigenvalue weighted by molar-refractivity contribution is -0.302. The van der Waals surface area contributed by atoms with E-state index in [0.29, 0.717) is 6.42 Å². The number of aliphatic hydroxyl groups excluding tert-OH is 5. The number of unbranched alkanes of at least 4 members (excludes halogenated alkanes) is 19. The molecule has 0 spiro atoms. The summed E-state index contributed by atoms with van der Waals surface area (Å²) in [5, 5.41) is 53.7. The minimum atomic E-state index is -1.56. The quantitative estimate of drug-likeness (QED) is 0.0278. The number of nitrogens with one attached hydrogen (secondary N) is 1. The summed E-state index contributed by atoms with van der Waals surface area (Å²) in [6.07, 6.45) is 37.7. The molecule has 54 heavy (non-hydrogen) atoms. The van der Waals surface area contributed by atoms with E-state index in [0.717, 1.165) is 64.2 Å². The van der Waals surface area contributed by atoms with Gasteiger partial charge in [-0.2, -0.15) is 0 Å². The number of allylic oxidation sites excluding steroid dienone is 7. The van der Waals surface area contributed by atoms with Crippen molar-refractivity contribution in [3.63, 3.8) is 0 Å². The topological polar surface area (TPSA) is 149 Å². The van der Waals surface area contributed by atoms with E-state index < -0.39 is 49.5 Å². The van der Waals surface area contributed by atoms with Gasteiger partial charge in [0.15, 0.2) is 6.29 Å². The Morgan fingerprint density at radius 2 is 1.09 bits per heavy atom. The van der Waals surface area contributed by atoms with Crippen LogP contribution in [0.5, 0.6) is 0 Å². The maximum atomic E-state index is 12.8. The van der Waals surface area contributed by atoms with Gasteiger partial charge in [0, 0.05) is 6.42 Å². The molecule has 0 aliphatic carbocycles. The first kappa shape index (κ1) is 50.2. The molecule has 1 fully saturated rings. The zero-order chi connectivity index (χ0) is 39.5. The molecule has 7 unspecified atom stereocenters. The molecular formula is C45H81NO8. The molecule has 1 saturated heterocycles. The van der Waals surface area contributed by atoms with Gasteiger partial charge in [0.05, 0.1) is 25.4 Å². The molecule has 314 valence electrons. The average molecular weight is 764 g/mol. The van der Waals surface area contributed by atoms with Gasteiger partial charge in [-0.05, 0) is 57.8 Å². The zero-order valence-electron chi connectivity index (χ0n) is 34.2. The number of ether oxygens (including phenoxy) is 2.